The van der Waals surface area contributed by atoms with Crippen LogP contribution >= 0.6 is 23.2 Å². The minimum Gasteiger partial charge on any atom is -0.478 e. The van der Waals surface area contributed by atoms with Gasteiger partial charge in [0.05, 0.1) is 15.6 Å². The van der Waals surface area contributed by atoms with Gasteiger partial charge in [-0.1, -0.05) is 43.1 Å². The van der Waals surface area contributed by atoms with E-state index in [0.29, 0.717) is 0 Å². The van der Waals surface area contributed by atoms with Crippen LogP contribution in [-0.2, 0) is 0 Å². The van der Waals surface area contributed by atoms with Gasteiger partial charge in [-0.25, -0.2) is 4.79 Å². The van der Waals surface area contributed by atoms with Gasteiger partial charge in [0.15, 0.2) is 0 Å². The van der Waals surface area contributed by atoms with Gasteiger partial charge in [0.1, 0.15) is 0 Å². The zero-order valence-electron chi connectivity index (χ0n) is 7.34. The van der Waals surface area contributed by atoms with Gasteiger partial charge in [-0.05, 0) is 12.1 Å². The van der Waals surface area contributed by atoms with Crippen molar-refractivity contribution in [1.29, 1.82) is 0 Å². The average Bonchev–Trinajstić information content (AvgIpc) is 2.07. The zero-order chi connectivity index (χ0) is 10.4. The van der Waals surface area contributed by atoms with E-state index in [1.54, 1.807) is 6.07 Å². The molecule has 0 fully saturated rings. The van der Waals surface area contributed by atoms with Crippen LogP contribution in [0.3, 0.4) is 0 Å². The molecule has 0 saturated heterocycles. The molecule has 0 aromatic heterocycles. The van der Waals surface area contributed by atoms with Crippen LogP contribution in [0.15, 0.2) is 18.2 Å². The fourth-order valence-electron chi connectivity index (χ4n) is 0.702. The molecule has 0 heterocycles. The second-order valence-corrected chi connectivity index (χ2v) is 2.72. The fraction of sp³-hybridized carbons (Fsp3) is 0.222. The van der Waals surface area contributed by atoms with Crippen LogP contribution in [0.25, 0.3) is 0 Å². The first kappa shape index (κ1) is 12.3. The maximum absolute atomic E-state index is 10.5. The molecule has 1 rings (SSSR count). The minimum absolute atomic E-state index is 0.0455. The van der Waals surface area contributed by atoms with Crippen molar-refractivity contribution in [3.63, 3.8) is 0 Å². The van der Waals surface area contributed by atoms with E-state index in [1.165, 1.54) is 12.1 Å². The first-order valence-corrected chi connectivity index (χ1v) is 4.56. The molecular weight excluding hydrogens is 211 g/mol. The maximum atomic E-state index is 10.5. The summed E-state index contributed by atoms with van der Waals surface area (Å²) in [5, 5.41) is 8.89. The van der Waals surface area contributed by atoms with Gasteiger partial charge in [-0.3, -0.25) is 0 Å². The topological polar surface area (TPSA) is 37.3 Å². The molecule has 0 bridgehead atoms. The third kappa shape index (κ3) is 3.25. The van der Waals surface area contributed by atoms with E-state index in [9.17, 15) is 4.79 Å². The van der Waals surface area contributed by atoms with Crippen molar-refractivity contribution in [2.24, 2.45) is 0 Å². The summed E-state index contributed by atoms with van der Waals surface area (Å²) >= 11 is 11.1. The van der Waals surface area contributed by atoms with Crippen molar-refractivity contribution in [3.8, 4) is 0 Å². The lowest BCUT2D eigenvalue weighted by atomic mass is 10.2. The zero-order valence-corrected chi connectivity index (χ0v) is 8.86. The molecule has 1 aromatic rings. The number of carbonyl (C=O) groups is 1. The highest BCUT2D eigenvalue weighted by atomic mass is 35.5. The number of halogens is 2. The molecule has 0 atom stereocenters. The molecule has 0 spiro atoms. The minimum atomic E-state index is -1.11. The highest BCUT2D eigenvalue weighted by Gasteiger charge is 2.11. The molecule has 0 aliphatic rings. The van der Waals surface area contributed by atoms with Crippen molar-refractivity contribution in [1.82, 2.24) is 0 Å². The molecule has 1 aromatic carbocycles. The van der Waals surface area contributed by atoms with E-state index in [4.69, 9.17) is 28.3 Å². The third-order valence-corrected chi connectivity index (χ3v) is 1.81. The van der Waals surface area contributed by atoms with Crippen LogP contribution in [0, 0.1) is 0 Å². The van der Waals surface area contributed by atoms with Crippen molar-refractivity contribution in [2.45, 2.75) is 13.8 Å². The van der Waals surface area contributed by atoms with E-state index in [1.807, 2.05) is 13.8 Å². The Hall–Kier alpha value is -0.730. The van der Waals surface area contributed by atoms with Crippen LogP contribution in [0.5, 0.6) is 0 Å². The van der Waals surface area contributed by atoms with Crippen molar-refractivity contribution >= 4 is 29.2 Å². The summed E-state index contributed by atoms with van der Waals surface area (Å²) in [7, 11) is 0. The summed E-state index contributed by atoms with van der Waals surface area (Å²) in [6.07, 6.45) is 0. The SMILES string of the molecule is CC.O=C(O)c1c(Cl)cccc1Cl. The largest absolute Gasteiger partial charge is 0.478 e. The molecular formula is C9H10Cl2O2. The molecule has 13 heavy (non-hydrogen) atoms. The van der Waals surface area contributed by atoms with Gasteiger partial charge in [-0.15, -0.1) is 0 Å². The molecule has 0 saturated carbocycles. The Morgan fingerprint density at radius 3 is 1.85 bits per heavy atom. The molecule has 0 aliphatic heterocycles. The number of hydrogen-bond donors (Lipinski definition) is 1. The number of aromatic carboxylic acids is 1. The Kier molecular flexibility index (Phi) is 5.51. The molecule has 72 valence electrons. The molecule has 0 aliphatic carbocycles. The third-order valence-electron chi connectivity index (χ3n) is 1.18. The molecule has 0 amide bonds. The lowest BCUT2D eigenvalue weighted by Gasteiger charge is -1.98. The van der Waals surface area contributed by atoms with Gasteiger partial charge >= 0.3 is 5.97 Å². The van der Waals surface area contributed by atoms with Crippen molar-refractivity contribution in [2.75, 3.05) is 0 Å². The Labute approximate surface area is 87.1 Å². The van der Waals surface area contributed by atoms with Gasteiger partial charge in [0.25, 0.3) is 0 Å². The van der Waals surface area contributed by atoms with Gasteiger partial charge < -0.3 is 5.11 Å². The van der Waals surface area contributed by atoms with Crippen LogP contribution in [0.1, 0.15) is 24.2 Å². The number of carboxylic acids is 1. The molecule has 0 unspecified atom stereocenters. The monoisotopic (exact) mass is 220 g/mol. The normalized spacial score (nSPS) is 8.62. The summed E-state index contributed by atoms with van der Waals surface area (Å²) in [5.74, 6) is -1.11. The second-order valence-electron chi connectivity index (χ2n) is 1.90. The van der Waals surface area contributed by atoms with E-state index in [-0.39, 0.29) is 15.6 Å². The standard InChI is InChI=1S/C7H4Cl2O2.C2H6/c8-4-2-1-3-5(9)6(4)7(10)11;1-2/h1-3H,(H,10,11);1-2H3. The number of benzene rings is 1. The summed E-state index contributed by atoms with van der Waals surface area (Å²) in [6.45, 7) is 4.00. The van der Waals surface area contributed by atoms with Crippen molar-refractivity contribution in [3.05, 3.63) is 33.8 Å². The second kappa shape index (κ2) is 5.84. The maximum Gasteiger partial charge on any atom is 0.338 e. The van der Waals surface area contributed by atoms with Crippen molar-refractivity contribution < 1.29 is 9.90 Å². The summed E-state index contributed by atoms with van der Waals surface area (Å²) in [4.78, 5) is 10.5. The quantitative estimate of drug-likeness (QED) is 0.784. The average molecular weight is 221 g/mol. The fourth-order valence-corrected chi connectivity index (χ4v) is 1.26. The first-order valence-electron chi connectivity index (χ1n) is 3.80. The van der Waals surface area contributed by atoms with Gasteiger partial charge in [0.2, 0.25) is 0 Å². The summed E-state index contributed by atoms with van der Waals surface area (Å²) in [5.41, 5.74) is -0.0455. The van der Waals surface area contributed by atoms with Crippen LogP contribution in [-0.4, -0.2) is 11.1 Å². The highest BCUT2D eigenvalue weighted by molar-refractivity contribution is 6.39. The summed E-state index contributed by atoms with van der Waals surface area (Å²) in [6, 6.07) is 4.56. The Morgan fingerprint density at radius 2 is 1.62 bits per heavy atom. The lowest BCUT2D eigenvalue weighted by Crippen LogP contribution is -1.97. The van der Waals surface area contributed by atoms with Crippen LogP contribution < -0.4 is 0 Å². The molecule has 4 heteroatoms. The molecule has 1 N–H and O–H groups in total. The summed E-state index contributed by atoms with van der Waals surface area (Å²) < 4.78 is 0. The van der Waals surface area contributed by atoms with Crippen LogP contribution in [0.4, 0.5) is 0 Å². The first-order chi connectivity index (χ1) is 6.13. The van der Waals surface area contributed by atoms with E-state index in [0.717, 1.165) is 0 Å². The Bertz CT molecular complexity index is 277. The Morgan fingerprint density at radius 1 is 1.23 bits per heavy atom. The van der Waals surface area contributed by atoms with Gasteiger partial charge in [-0.2, -0.15) is 0 Å². The van der Waals surface area contributed by atoms with E-state index < -0.39 is 5.97 Å². The number of hydrogen-bond acceptors (Lipinski definition) is 1. The van der Waals surface area contributed by atoms with Gasteiger partial charge in [0, 0.05) is 0 Å². The molecule has 0 radical (unpaired) electrons. The lowest BCUT2D eigenvalue weighted by molar-refractivity contribution is 0.0697. The number of rotatable bonds is 1. The molecule has 2 nitrogen and oxygen atoms in total. The van der Waals surface area contributed by atoms with Crippen LogP contribution in [0.2, 0.25) is 10.0 Å². The van der Waals surface area contributed by atoms with E-state index >= 15 is 0 Å². The highest BCUT2D eigenvalue weighted by Crippen LogP contribution is 2.23. The van der Waals surface area contributed by atoms with E-state index in [2.05, 4.69) is 0 Å². The Balaban J connectivity index is 0.000000671. The smallest absolute Gasteiger partial charge is 0.338 e. The predicted molar refractivity (Wildman–Crippen MR) is 54.8 cm³/mol. The number of carboxylic acid groups (broad SMARTS) is 1. The predicted octanol–water partition coefficient (Wildman–Crippen LogP) is 3.72.